The Balaban J connectivity index is 0.00000264. The number of nitrogens with zero attached hydrogens (tertiary/aromatic N) is 1. The van der Waals surface area contributed by atoms with E-state index in [0.29, 0.717) is 13.0 Å². The Morgan fingerprint density at radius 3 is 2.52 bits per heavy atom. The van der Waals surface area contributed by atoms with Crippen LogP contribution < -0.4 is 5.73 Å². The predicted octanol–water partition coefficient (Wildman–Crippen LogP) is 1.92. The van der Waals surface area contributed by atoms with E-state index in [1.807, 2.05) is 37.3 Å². The van der Waals surface area contributed by atoms with Crippen molar-refractivity contribution in [2.45, 2.75) is 38.3 Å². The molecule has 2 rings (SSSR count). The molecular formula is C16H25ClN2O3S. The number of rotatable bonds is 6. The molecule has 0 aromatic heterocycles. The Hall–Kier alpha value is -1.11. The van der Waals surface area contributed by atoms with Crippen molar-refractivity contribution >= 4 is 28.2 Å². The first kappa shape index (κ1) is 19.9. The molecule has 130 valence electrons. The molecule has 1 amide bonds. The fourth-order valence-electron chi connectivity index (χ4n) is 2.90. The molecule has 1 aliphatic rings. The van der Waals surface area contributed by atoms with Crippen molar-refractivity contribution in [3.63, 3.8) is 0 Å². The molecule has 5 nitrogen and oxygen atoms in total. The topological polar surface area (TPSA) is 80.5 Å². The molecular weight excluding hydrogens is 336 g/mol. The van der Waals surface area contributed by atoms with Gasteiger partial charge in [-0.1, -0.05) is 37.3 Å². The Morgan fingerprint density at radius 1 is 1.35 bits per heavy atom. The average molecular weight is 361 g/mol. The minimum absolute atomic E-state index is 0. The number of carbonyl (C=O) groups is 1. The number of hydrogen-bond donors (Lipinski definition) is 1. The normalized spacial score (nSPS) is 20.5. The minimum atomic E-state index is -3.00. The summed E-state index contributed by atoms with van der Waals surface area (Å²) < 4.78 is 23.3. The molecule has 7 heteroatoms. The van der Waals surface area contributed by atoms with Crippen LogP contribution in [0.4, 0.5) is 0 Å². The molecule has 2 atom stereocenters. The van der Waals surface area contributed by atoms with Crippen molar-refractivity contribution < 1.29 is 13.2 Å². The Labute approximate surface area is 144 Å². The van der Waals surface area contributed by atoms with Crippen LogP contribution in [0.15, 0.2) is 30.3 Å². The fourth-order valence-corrected chi connectivity index (χ4v) is 4.63. The van der Waals surface area contributed by atoms with Crippen molar-refractivity contribution in [2.24, 2.45) is 5.73 Å². The first-order valence-corrected chi connectivity index (χ1v) is 9.55. The van der Waals surface area contributed by atoms with Crippen LogP contribution in [0.25, 0.3) is 0 Å². The largest absolute Gasteiger partial charge is 0.339 e. The average Bonchev–Trinajstić information content (AvgIpc) is 2.85. The van der Waals surface area contributed by atoms with Gasteiger partial charge in [-0.2, -0.15) is 0 Å². The first-order valence-electron chi connectivity index (χ1n) is 7.73. The van der Waals surface area contributed by atoms with E-state index in [2.05, 4.69) is 0 Å². The maximum Gasteiger partial charge on any atom is 0.224 e. The van der Waals surface area contributed by atoms with Crippen LogP contribution in [-0.4, -0.2) is 43.3 Å². The van der Waals surface area contributed by atoms with Gasteiger partial charge in [0.2, 0.25) is 5.91 Å². The van der Waals surface area contributed by atoms with Gasteiger partial charge in [0.15, 0.2) is 9.84 Å². The van der Waals surface area contributed by atoms with Crippen LogP contribution in [0.2, 0.25) is 0 Å². The van der Waals surface area contributed by atoms with Crippen molar-refractivity contribution in [2.75, 3.05) is 18.1 Å². The number of sulfone groups is 1. The molecule has 1 heterocycles. The SMILES string of the molecule is CCCN(C(=O)CC(N)c1ccccc1)C1CCS(=O)(=O)C1.Cl. The maximum absolute atomic E-state index is 12.6. The van der Waals surface area contributed by atoms with E-state index in [0.717, 1.165) is 12.0 Å². The highest BCUT2D eigenvalue weighted by atomic mass is 35.5. The van der Waals surface area contributed by atoms with E-state index < -0.39 is 9.84 Å². The van der Waals surface area contributed by atoms with Gasteiger partial charge in [-0.05, 0) is 18.4 Å². The molecule has 1 aromatic rings. The van der Waals surface area contributed by atoms with Crippen LogP contribution in [0.5, 0.6) is 0 Å². The number of nitrogens with two attached hydrogens (primary N) is 1. The Morgan fingerprint density at radius 2 is 2.00 bits per heavy atom. The molecule has 2 unspecified atom stereocenters. The van der Waals surface area contributed by atoms with Gasteiger partial charge in [0.25, 0.3) is 0 Å². The summed E-state index contributed by atoms with van der Waals surface area (Å²) in [5, 5.41) is 0. The first-order chi connectivity index (χ1) is 10.4. The predicted molar refractivity (Wildman–Crippen MR) is 94.3 cm³/mol. The van der Waals surface area contributed by atoms with Crippen LogP contribution in [0.1, 0.15) is 37.8 Å². The summed E-state index contributed by atoms with van der Waals surface area (Å²) in [6.07, 6.45) is 1.55. The van der Waals surface area contributed by atoms with Gasteiger partial charge in [0.05, 0.1) is 11.5 Å². The van der Waals surface area contributed by atoms with E-state index >= 15 is 0 Å². The summed E-state index contributed by atoms with van der Waals surface area (Å²) in [5.74, 6) is 0.204. The lowest BCUT2D eigenvalue weighted by Gasteiger charge is -2.29. The van der Waals surface area contributed by atoms with E-state index in [4.69, 9.17) is 5.73 Å². The molecule has 1 aliphatic heterocycles. The number of hydrogen-bond acceptors (Lipinski definition) is 4. The summed E-state index contributed by atoms with van der Waals surface area (Å²) in [7, 11) is -3.00. The Kier molecular flexibility index (Phi) is 7.51. The highest BCUT2D eigenvalue weighted by Gasteiger charge is 2.34. The number of benzene rings is 1. The third-order valence-electron chi connectivity index (χ3n) is 4.06. The lowest BCUT2D eigenvalue weighted by Crippen LogP contribution is -2.42. The van der Waals surface area contributed by atoms with Gasteiger partial charge in [-0.3, -0.25) is 4.79 Å². The molecule has 0 saturated carbocycles. The molecule has 0 bridgehead atoms. The molecule has 0 aliphatic carbocycles. The van der Waals surface area contributed by atoms with Crippen molar-refractivity contribution in [3.05, 3.63) is 35.9 Å². The van der Waals surface area contributed by atoms with Crippen LogP contribution >= 0.6 is 12.4 Å². The lowest BCUT2D eigenvalue weighted by atomic mass is 10.0. The summed E-state index contributed by atoms with van der Waals surface area (Å²) >= 11 is 0. The second-order valence-electron chi connectivity index (χ2n) is 5.87. The highest BCUT2D eigenvalue weighted by molar-refractivity contribution is 7.91. The summed E-state index contributed by atoms with van der Waals surface area (Å²) in [5.41, 5.74) is 7.04. The van der Waals surface area contributed by atoms with Crippen molar-refractivity contribution in [3.8, 4) is 0 Å². The zero-order valence-corrected chi connectivity index (χ0v) is 15.0. The zero-order chi connectivity index (χ0) is 16.2. The van der Waals surface area contributed by atoms with E-state index in [1.165, 1.54) is 0 Å². The van der Waals surface area contributed by atoms with Crippen LogP contribution in [0.3, 0.4) is 0 Å². The second kappa shape index (κ2) is 8.66. The van der Waals surface area contributed by atoms with Crippen molar-refractivity contribution in [1.82, 2.24) is 4.90 Å². The molecule has 1 saturated heterocycles. The molecule has 23 heavy (non-hydrogen) atoms. The van der Waals surface area contributed by atoms with Gasteiger partial charge in [-0.25, -0.2) is 8.42 Å². The van der Waals surface area contributed by atoms with Crippen LogP contribution in [-0.2, 0) is 14.6 Å². The standard InChI is InChI=1S/C16H24N2O3S.ClH/c1-2-9-18(14-8-10-22(20,21)12-14)16(19)11-15(17)13-6-4-3-5-7-13;/h3-7,14-15H,2,8-12,17H2,1H3;1H. The quantitative estimate of drug-likeness (QED) is 0.840. The maximum atomic E-state index is 12.6. The molecule has 1 aromatic carbocycles. The lowest BCUT2D eigenvalue weighted by molar-refractivity contribution is -0.133. The van der Waals surface area contributed by atoms with Gasteiger partial charge in [0.1, 0.15) is 0 Å². The third-order valence-corrected chi connectivity index (χ3v) is 5.81. The third kappa shape index (κ3) is 5.48. The van der Waals surface area contributed by atoms with E-state index in [1.54, 1.807) is 4.90 Å². The number of amides is 1. The van der Waals surface area contributed by atoms with Gasteiger partial charge in [-0.15, -0.1) is 12.4 Å². The number of halogens is 1. The highest BCUT2D eigenvalue weighted by Crippen LogP contribution is 2.21. The van der Waals surface area contributed by atoms with Gasteiger partial charge >= 0.3 is 0 Å². The smallest absolute Gasteiger partial charge is 0.224 e. The van der Waals surface area contributed by atoms with Gasteiger partial charge in [0, 0.05) is 25.0 Å². The van der Waals surface area contributed by atoms with E-state index in [-0.39, 0.29) is 48.3 Å². The summed E-state index contributed by atoms with van der Waals surface area (Å²) in [4.78, 5) is 14.3. The summed E-state index contributed by atoms with van der Waals surface area (Å²) in [6.45, 7) is 2.57. The van der Waals surface area contributed by atoms with Crippen molar-refractivity contribution in [1.29, 1.82) is 0 Å². The molecule has 0 radical (unpaired) electrons. The van der Waals surface area contributed by atoms with Crippen LogP contribution in [0, 0.1) is 0 Å². The fraction of sp³-hybridized carbons (Fsp3) is 0.562. The zero-order valence-electron chi connectivity index (χ0n) is 13.3. The second-order valence-corrected chi connectivity index (χ2v) is 8.09. The molecule has 1 fully saturated rings. The summed E-state index contributed by atoms with van der Waals surface area (Å²) in [6, 6.07) is 8.96. The number of carbonyl (C=O) groups excluding carboxylic acids is 1. The molecule has 0 spiro atoms. The van der Waals surface area contributed by atoms with Gasteiger partial charge < -0.3 is 10.6 Å². The monoisotopic (exact) mass is 360 g/mol. The molecule has 2 N–H and O–H groups in total. The Bertz CT molecular complexity index is 607. The van der Waals surface area contributed by atoms with E-state index in [9.17, 15) is 13.2 Å². The minimum Gasteiger partial charge on any atom is -0.339 e.